The predicted molar refractivity (Wildman–Crippen MR) is 160 cm³/mol. The van der Waals surface area contributed by atoms with Gasteiger partial charge in [0.25, 0.3) is 0 Å². The molecular weight excluding hydrogens is 564 g/mol. The summed E-state index contributed by atoms with van der Waals surface area (Å²) < 4.78 is 7.23. The zero-order chi connectivity index (χ0) is 30.7. The van der Waals surface area contributed by atoms with Crippen LogP contribution in [0.5, 0.6) is 6.01 Å². The minimum Gasteiger partial charge on any atom is -0.467 e. The van der Waals surface area contributed by atoms with E-state index in [4.69, 9.17) is 9.72 Å². The molecule has 3 fully saturated rings. The van der Waals surface area contributed by atoms with E-state index < -0.39 is 0 Å². The number of fused-ring (bicyclic) bond motifs is 1. The topological polar surface area (TPSA) is 160 Å². The maximum atomic E-state index is 13.0. The van der Waals surface area contributed by atoms with Crippen molar-refractivity contribution in [3.8, 4) is 6.01 Å². The first-order valence-corrected chi connectivity index (χ1v) is 14.6. The number of imidazole rings is 1. The lowest BCUT2D eigenvalue weighted by atomic mass is 10.1. The molecule has 0 aromatic carbocycles. The van der Waals surface area contributed by atoms with Crippen LogP contribution in [0.4, 0.5) is 22.1 Å². The highest BCUT2D eigenvalue weighted by Crippen LogP contribution is 2.46. The molecule has 1 saturated heterocycles. The molecule has 0 spiro atoms. The molecule has 5 heterocycles. The highest BCUT2D eigenvalue weighted by Gasteiger charge is 2.46. The zero-order valence-electron chi connectivity index (χ0n) is 24.8. The number of anilines is 3. The molecule has 226 valence electrons. The van der Waals surface area contributed by atoms with Crippen LogP contribution in [0.1, 0.15) is 66.8 Å². The fourth-order valence-electron chi connectivity index (χ4n) is 5.54. The summed E-state index contributed by atoms with van der Waals surface area (Å²) in [7, 11) is 2.95. The summed E-state index contributed by atoms with van der Waals surface area (Å²) >= 11 is 0. The molecule has 4 amide bonds. The second-order valence-electron chi connectivity index (χ2n) is 11.6. The Hall–Kier alpha value is -5.14. The molecule has 14 heteroatoms. The van der Waals surface area contributed by atoms with Crippen molar-refractivity contribution in [2.24, 2.45) is 5.92 Å². The SMILES string of the molecule is COc1nc(NC(=O)C2CC2c2nccc(C)n2)cc(N[C@H](C)c2cn3cc(C4CC4)cc(N4CC(=O)N(C)C4=O)c3n2)n1. The number of methoxy groups -OCH3 is 1. The van der Waals surface area contributed by atoms with Crippen LogP contribution in [0.25, 0.3) is 5.65 Å². The lowest BCUT2D eigenvalue weighted by molar-refractivity contribution is -0.124. The van der Waals surface area contributed by atoms with Gasteiger partial charge in [0.1, 0.15) is 24.0 Å². The summed E-state index contributed by atoms with van der Waals surface area (Å²) in [5, 5.41) is 6.22. The molecular formula is C30H32N10O4. The number of hydrogen-bond donors (Lipinski definition) is 2. The quantitative estimate of drug-likeness (QED) is 0.274. The Balaban J connectivity index is 1.11. The Kier molecular flexibility index (Phi) is 6.63. The van der Waals surface area contributed by atoms with E-state index in [1.54, 1.807) is 12.3 Å². The Bertz CT molecular complexity index is 1820. The third-order valence-electron chi connectivity index (χ3n) is 8.32. The average Bonchev–Trinajstić information content (AvgIpc) is 3.93. The second-order valence-corrected chi connectivity index (χ2v) is 11.6. The van der Waals surface area contributed by atoms with Crippen molar-refractivity contribution in [2.75, 3.05) is 36.2 Å². The lowest BCUT2D eigenvalue weighted by Crippen LogP contribution is -2.30. The number of carbonyl (C=O) groups is 3. The van der Waals surface area contributed by atoms with Gasteiger partial charge in [0, 0.05) is 49.2 Å². The Labute approximate surface area is 252 Å². The summed E-state index contributed by atoms with van der Waals surface area (Å²) in [4.78, 5) is 63.2. The zero-order valence-corrected chi connectivity index (χ0v) is 24.8. The largest absolute Gasteiger partial charge is 0.467 e. The van der Waals surface area contributed by atoms with E-state index in [0.29, 0.717) is 46.8 Å². The molecule has 4 aromatic heterocycles. The molecule has 44 heavy (non-hydrogen) atoms. The number of nitrogens with zero attached hydrogens (tertiary/aromatic N) is 8. The number of likely N-dealkylation sites (N-methyl/N-ethyl adjacent to an activating group) is 1. The molecule has 1 aliphatic heterocycles. The minimum absolute atomic E-state index is 0.0222. The molecule has 7 rings (SSSR count). The Morgan fingerprint density at radius 2 is 1.89 bits per heavy atom. The van der Waals surface area contributed by atoms with Crippen LogP contribution in [0.15, 0.2) is 36.8 Å². The summed E-state index contributed by atoms with van der Waals surface area (Å²) in [5.74, 6) is 1.17. The van der Waals surface area contributed by atoms with Gasteiger partial charge in [0.05, 0.1) is 24.5 Å². The third kappa shape index (κ3) is 5.16. The molecule has 3 atom stereocenters. The van der Waals surface area contributed by atoms with Crippen molar-refractivity contribution in [3.05, 3.63) is 59.6 Å². The number of urea groups is 1. The van der Waals surface area contributed by atoms with Crippen molar-refractivity contribution in [2.45, 2.75) is 51.0 Å². The van der Waals surface area contributed by atoms with E-state index in [-0.39, 0.29) is 48.3 Å². The lowest BCUT2D eigenvalue weighted by Gasteiger charge is -2.17. The number of aryl methyl sites for hydroxylation is 1. The van der Waals surface area contributed by atoms with E-state index >= 15 is 0 Å². The van der Waals surface area contributed by atoms with E-state index in [9.17, 15) is 14.4 Å². The van der Waals surface area contributed by atoms with Gasteiger partial charge in [-0.05, 0) is 56.7 Å². The van der Waals surface area contributed by atoms with Gasteiger partial charge in [-0.2, -0.15) is 9.97 Å². The summed E-state index contributed by atoms with van der Waals surface area (Å²) in [6, 6.07) is 4.86. The molecule has 14 nitrogen and oxygen atoms in total. The summed E-state index contributed by atoms with van der Waals surface area (Å²) in [5.41, 5.74) is 3.87. The van der Waals surface area contributed by atoms with Crippen molar-refractivity contribution in [3.63, 3.8) is 0 Å². The van der Waals surface area contributed by atoms with Gasteiger partial charge in [0.15, 0.2) is 5.65 Å². The van der Waals surface area contributed by atoms with E-state index in [2.05, 4.69) is 30.6 Å². The van der Waals surface area contributed by atoms with E-state index in [0.717, 1.165) is 29.0 Å². The number of imide groups is 1. The van der Waals surface area contributed by atoms with Crippen LogP contribution in [0, 0.1) is 12.8 Å². The van der Waals surface area contributed by atoms with E-state index in [1.165, 1.54) is 19.1 Å². The van der Waals surface area contributed by atoms with E-state index in [1.807, 2.05) is 42.8 Å². The monoisotopic (exact) mass is 596 g/mol. The average molecular weight is 597 g/mol. The van der Waals surface area contributed by atoms with Gasteiger partial charge in [-0.25, -0.2) is 19.7 Å². The van der Waals surface area contributed by atoms with Crippen molar-refractivity contribution in [1.82, 2.24) is 34.2 Å². The Morgan fingerprint density at radius 3 is 2.59 bits per heavy atom. The molecule has 2 unspecified atom stereocenters. The molecule has 3 aliphatic rings. The van der Waals surface area contributed by atoms with Crippen LogP contribution in [0.2, 0.25) is 0 Å². The normalized spacial score (nSPS) is 20.3. The maximum absolute atomic E-state index is 13.0. The van der Waals surface area contributed by atoms with Crippen molar-refractivity contribution < 1.29 is 19.1 Å². The number of ether oxygens (including phenoxy) is 1. The van der Waals surface area contributed by atoms with Crippen LogP contribution >= 0.6 is 0 Å². The molecule has 4 aromatic rings. The highest BCUT2D eigenvalue weighted by molar-refractivity contribution is 6.13. The number of nitrogens with one attached hydrogen (secondary N) is 2. The molecule has 2 N–H and O–H groups in total. The van der Waals surface area contributed by atoms with Gasteiger partial charge in [-0.15, -0.1) is 0 Å². The second kappa shape index (κ2) is 10.5. The smallest absolute Gasteiger partial charge is 0.331 e. The molecule has 2 saturated carbocycles. The molecule has 0 radical (unpaired) electrons. The van der Waals surface area contributed by atoms with Gasteiger partial charge < -0.3 is 19.8 Å². The van der Waals surface area contributed by atoms with Crippen molar-refractivity contribution >= 4 is 40.8 Å². The number of pyridine rings is 1. The summed E-state index contributed by atoms with van der Waals surface area (Å²) in [6.07, 6.45) is 8.52. The highest BCUT2D eigenvalue weighted by atomic mass is 16.5. The van der Waals surface area contributed by atoms with Crippen LogP contribution < -0.4 is 20.3 Å². The van der Waals surface area contributed by atoms with Crippen LogP contribution in [0.3, 0.4) is 0 Å². The molecule has 0 bridgehead atoms. The fraction of sp³-hybridized carbons (Fsp3) is 0.400. The third-order valence-corrected chi connectivity index (χ3v) is 8.32. The van der Waals surface area contributed by atoms with Gasteiger partial charge in [0.2, 0.25) is 11.8 Å². The first-order valence-electron chi connectivity index (χ1n) is 14.6. The number of carbonyl (C=O) groups excluding carboxylic acids is 3. The number of rotatable bonds is 9. The van der Waals surface area contributed by atoms with Gasteiger partial charge >= 0.3 is 12.0 Å². The first kappa shape index (κ1) is 27.7. The Morgan fingerprint density at radius 1 is 1.09 bits per heavy atom. The van der Waals surface area contributed by atoms with Gasteiger partial charge in [-0.3, -0.25) is 19.4 Å². The van der Waals surface area contributed by atoms with Gasteiger partial charge in [-0.1, -0.05) is 0 Å². The maximum Gasteiger partial charge on any atom is 0.331 e. The number of aromatic nitrogens is 6. The number of amides is 4. The minimum atomic E-state index is -0.368. The molecule has 2 aliphatic carbocycles. The fourth-order valence-corrected chi connectivity index (χ4v) is 5.54. The standard InChI is InChI=1S/C30H32N10O4/c1-15-7-8-31-26(32-15)19-10-20(19)28(42)35-24-11-23(36-29(37-24)44-4)33-16(2)21-13-39-12-18(17-5-6-17)9-22(27(39)34-21)40-14-25(41)38(3)30(40)43/h7-9,11-13,16-17,19-20H,5-6,10,14H2,1-4H3,(H2,33,35,36,37,42)/t16-,19?,20?/m1/s1. The predicted octanol–water partition coefficient (Wildman–Crippen LogP) is 3.42. The van der Waals surface area contributed by atoms with Crippen LogP contribution in [-0.4, -0.2) is 72.8 Å². The number of hydrogen-bond acceptors (Lipinski definition) is 10. The summed E-state index contributed by atoms with van der Waals surface area (Å²) in [6.45, 7) is 3.81. The first-order chi connectivity index (χ1) is 21.2. The van der Waals surface area contributed by atoms with Crippen LogP contribution in [-0.2, 0) is 9.59 Å². The van der Waals surface area contributed by atoms with Crippen molar-refractivity contribution in [1.29, 1.82) is 0 Å².